The van der Waals surface area contributed by atoms with Crippen LogP contribution in [0.5, 0.6) is 0 Å². The number of anilines is 1. The molecular formula is C11H14N6S. The molecule has 0 radical (unpaired) electrons. The van der Waals surface area contributed by atoms with Crippen molar-refractivity contribution in [1.82, 2.24) is 25.0 Å². The molecule has 2 aromatic heterocycles. The molecular weight excluding hydrogens is 248 g/mol. The Kier molecular flexibility index (Phi) is 3.14. The van der Waals surface area contributed by atoms with E-state index in [-0.39, 0.29) is 0 Å². The third-order valence-corrected chi connectivity index (χ3v) is 3.84. The lowest BCUT2D eigenvalue weighted by Gasteiger charge is -2.05. The Morgan fingerprint density at radius 2 is 2.00 bits per heavy atom. The summed E-state index contributed by atoms with van der Waals surface area (Å²) in [7, 11) is 0. The first kappa shape index (κ1) is 11.5. The predicted octanol–water partition coefficient (Wildman–Crippen LogP) is 1.53. The van der Waals surface area contributed by atoms with E-state index in [9.17, 15) is 0 Å². The number of fused-ring (bicyclic) bond motifs is 1. The molecule has 0 atom stereocenters. The van der Waals surface area contributed by atoms with Crippen LogP contribution in [-0.2, 0) is 13.0 Å². The van der Waals surface area contributed by atoms with E-state index in [1.807, 2.05) is 6.07 Å². The second kappa shape index (κ2) is 4.93. The Morgan fingerprint density at radius 1 is 1.06 bits per heavy atom. The fraction of sp³-hybridized carbons (Fsp3) is 0.455. The molecule has 18 heavy (non-hydrogen) atoms. The van der Waals surface area contributed by atoms with Gasteiger partial charge in [-0.15, -0.1) is 20.4 Å². The molecule has 0 bridgehead atoms. The largest absolute Gasteiger partial charge is 0.382 e. The minimum absolute atomic E-state index is 0.430. The number of nitrogen functional groups attached to an aromatic ring is 1. The highest BCUT2D eigenvalue weighted by Gasteiger charge is 2.15. The van der Waals surface area contributed by atoms with Crippen LogP contribution in [0.15, 0.2) is 22.3 Å². The second-order valence-electron chi connectivity index (χ2n) is 4.26. The summed E-state index contributed by atoms with van der Waals surface area (Å²) in [5, 5.41) is 18.0. The molecule has 0 saturated heterocycles. The van der Waals surface area contributed by atoms with Crippen LogP contribution in [0.4, 0.5) is 5.82 Å². The van der Waals surface area contributed by atoms with Crippen LogP contribution in [0.25, 0.3) is 0 Å². The van der Waals surface area contributed by atoms with E-state index < -0.39 is 0 Å². The first-order valence-corrected chi connectivity index (χ1v) is 6.84. The number of rotatable bonds is 2. The van der Waals surface area contributed by atoms with Crippen LogP contribution in [-0.4, -0.2) is 25.0 Å². The van der Waals surface area contributed by atoms with Gasteiger partial charge < -0.3 is 10.3 Å². The third-order valence-electron chi connectivity index (χ3n) is 2.93. The van der Waals surface area contributed by atoms with Gasteiger partial charge in [0, 0.05) is 13.0 Å². The predicted molar refractivity (Wildman–Crippen MR) is 68.1 cm³/mol. The zero-order valence-electron chi connectivity index (χ0n) is 9.91. The number of hydrogen-bond donors (Lipinski definition) is 1. The Balaban J connectivity index is 1.84. The Bertz CT molecular complexity index is 535. The summed E-state index contributed by atoms with van der Waals surface area (Å²) in [5.41, 5.74) is 5.52. The van der Waals surface area contributed by atoms with Crippen LogP contribution >= 0.6 is 11.8 Å². The van der Waals surface area contributed by atoms with Gasteiger partial charge in [-0.2, -0.15) is 0 Å². The van der Waals surface area contributed by atoms with Gasteiger partial charge in [0.25, 0.3) is 0 Å². The molecule has 2 N–H and O–H groups in total. The summed E-state index contributed by atoms with van der Waals surface area (Å²) in [5.74, 6) is 1.51. The summed E-state index contributed by atoms with van der Waals surface area (Å²) in [6, 6.07) is 3.60. The SMILES string of the molecule is Nc1ccc(Sc2nnc3n2CCCCC3)nn1. The lowest BCUT2D eigenvalue weighted by Crippen LogP contribution is -2.02. The Labute approximate surface area is 109 Å². The molecule has 94 valence electrons. The average molecular weight is 262 g/mol. The monoisotopic (exact) mass is 262 g/mol. The van der Waals surface area contributed by atoms with Crippen molar-refractivity contribution in [2.45, 2.75) is 42.4 Å². The van der Waals surface area contributed by atoms with Crippen LogP contribution in [0, 0.1) is 0 Å². The van der Waals surface area contributed by atoms with Crippen molar-refractivity contribution in [1.29, 1.82) is 0 Å². The molecule has 0 unspecified atom stereocenters. The highest BCUT2D eigenvalue weighted by molar-refractivity contribution is 7.99. The smallest absolute Gasteiger partial charge is 0.197 e. The maximum atomic E-state index is 5.52. The maximum Gasteiger partial charge on any atom is 0.197 e. The molecule has 3 heterocycles. The number of nitrogens with two attached hydrogens (primary N) is 1. The molecule has 2 aromatic rings. The van der Waals surface area contributed by atoms with Gasteiger partial charge in [-0.25, -0.2) is 0 Å². The second-order valence-corrected chi connectivity index (χ2v) is 5.25. The van der Waals surface area contributed by atoms with Crippen LogP contribution < -0.4 is 5.73 Å². The summed E-state index contributed by atoms with van der Waals surface area (Å²) >= 11 is 1.49. The first-order chi connectivity index (χ1) is 8.83. The normalized spacial score (nSPS) is 15.1. The van der Waals surface area contributed by atoms with Crippen molar-refractivity contribution in [2.75, 3.05) is 5.73 Å². The quantitative estimate of drug-likeness (QED) is 0.883. The van der Waals surface area contributed by atoms with Gasteiger partial charge in [0.2, 0.25) is 0 Å². The van der Waals surface area contributed by atoms with Crippen molar-refractivity contribution >= 4 is 17.6 Å². The van der Waals surface area contributed by atoms with Crippen LogP contribution in [0.3, 0.4) is 0 Å². The summed E-state index contributed by atoms with van der Waals surface area (Å²) < 4.78 is 2.19. The lowest BCUT2D eigenvalue weighted by molar-refractivity contribution is 0.590. The zero-order valence-corrected chi connectivity index (χ0v) is 10.7. The van der Waals surface area contributed by atoms with Gasteiger partial charge in [0.15, 0.2) is 5.16 Å². The minimum Gasteiger partial charge on any atom is -0.382 e. The molecule has 0 saturated carbocycles. The summed E-state index contributed by atoms with van der Waals surface area (Å²) in [6.45, 7) is 0.993. The van der Waals surface area contributed by atoms with Gasteiger partial charge in [-0.05, 0) is 36.7 Å². The van der Waals surface area contributed by atoms with E-state index in [0.717, 1.165) is 29.0 Å². The van der Waals surface area contributed by atoms with Gasteiger partial charge in [-0.1, -0.05) is 6.42 Å². The number of aryl methyl sites for hydroxylation is 1. The van der Waals surface area contributed by atoms with Crippen LogP contribution in [0.2, 0.25) is 0 Å². The lowest BCUT2D eigenvalue weighted by atomic mass is 10.2. The topological polar surface area (TPSA) is 82.5 Å². The number of nitrogens with zero attached hydrogens (tertiary/aromatic N) is 5. The minimum atomic E-state index is 0.430. The van der Waals surface area contributed by atoms with Crippen molar-refractivity contribution in [3.63, 3.8) is 0 Å². The van der Waals surface area contributed by atoms with Gasteiger partial charge in [-0.3, -0.25) is 0 Å². The fourth-order valence-corrected chi connectivity index (χ4v) is 2.81. The zero-order chi connectivity index (χ0) is 12.4. The third kappa shape index (κ3) is 2.31. The molecule has 6 nitrogen and oxygen atoms in total. The van der Waals surface area contributed by atoms with E-state index >= 15 is 0 Å². The number of aromatic nitrogens is 5. The standard InChI is InChI=1S/C11H14N6S/c12-8-5-6-10(15-13-8)18-11-16-14-9-4-2-1-3-7-17(9)11/h5-6H,1-4,7H2,(H2,12,13). The fourth-order valence-electron chi connectivity index (χ4n) is 2.01. The average Bonchev–Trinajstić information content (AvgIpc) is 2.62. The van der Waals surface area contributed by atoms with Crippen molar-refractivity contribution < 1.29 is 0 Å². The van der Waals surface area contributed by atoms with Crippen molar-refractivity contribution in [3.05, 3.63) is 18.0 Å². The van der Waals surface area contributed by atoms with E-state index in [1.165, 1.54) is 31.0 Å². The Hall–Kier alpha value is -1.63. The molecule has 0 fully saturated rings. The van der Waals surface area contributed by atoms with E-state index in [0.29, 0.717) is 5.82 Å². The maximum absolute atomic E-state index is 5.52. The Morgan fingerprint density at radius 3 is 2.83 bits per heavy atom. The molecule has 3 rings (SSSR count). The molecule has 1 aliphatic rings. The highest BCUT2D eigenvalue weighted by Crippen LogP contribution is 2.26. The van der Waals surface area contributed by atoms with E-state index in [4.69, 9.17) is 5.73 Å². The van der Waals surface area contributed by atoms with Gasteiger partial charge in [0.05, 0.1) is 0 Å². The van der Waals surface area contributed by atoms with Crippen molar-refractivity contribution in [2.24, 2.45) is 0 Å². The van der Waals surface area contributed by atoms with Gasteiger partial charge >= 0.3 is 0 Å². The molecule has 7 heteroatoms. The van der Waals surface area contributed by atoms with E-state index in [2.05, 4.69) is 25.0 Å². The van der Waals surface area contributed by atoms with E-state index in [1.54, 1.807) is 6.07 Å². The summed E-state index contributed by atoms with van der Waals surface area (Å²) in [6.07, 6.45) is 4.66. The molecule has 0 aliphatic carbocycles. The molecule has 0 aromatic carbocycles. The first-order valence-electron chi connectivity index (χ1n) is 6.02. The molecule has 0 amide bonds. The molecule has 1 aliphatic heterocycles. The molecule has 0 spiro atoms. The highest BCUT2D eigenvalue weighted by atomic mass is 32.2. The van der Waals surface area contributed by atoms with Crippen LogP contribution in [0.1, 0.15) is 25.1 Å². The summed E-state index contributed by atoms with van der Waals surface area (Å²) in [4.78, 5) is 0. The van der Waals surface area contributed by atoms with Gasteiger partial charge in [0.1, 0.15) is 16.7 Å². The van der Waals surface area contributed by atoms with Crippen molar-refractivity contribution in [3.8, 4) is 0 Å². The number of hydrogen-bond acceptors (Lipinski definition) is 6.